The first-order chi connectivity index (χ1) is 17.1. The lowest BCUT2D eigenvalue weighted by molar-refractivity contribution is -0.131. The van der Waals surface area contributed by atoms with Gasteiger partial charge in [0.05, 0.1) is 29.7 Å². The minimum absolute atomic E-state index is 0.121. The molecule has 2 aromatic rings. The Hall–Kier alpha value is -3.35. The normalized spacial score (nSPS) is 18.4. The molecule has 35 heavy (non-hydrogen) atoms. The molecule has 1 unspecified atom stereocenters. The van der Waals surface area contributed by atoms with Crippen LogP contribution in [0.2, 0.25) is 0 Å². The van der Waals surface area contributed by atoms with Crippen molar-refractivity contribution in [2.75, 3.05) is 39.3 Å². The molecule has 182 valence electrons. The van der Waals surface area contributed by atoms with Gasteiger partial charge in [0, 0.05) is 26.1 Å². The summed E-state index contributed by atoms with van der Waals surface area (Å²) in [7, 11) is 0. The summed E-state index contributed by atoms with van der Waals surface area (Å²) in [6.07, 6.45) is 5.13. The van der Waals surface area contributed by atoms with Crippen LogP contribution >= 0.6 is 0 Å². The number of carbonyl (C=O) groups excluding carboxylic acids is 1. The maximum Gasteiger partial charge on any atom is 0.224 e. The molecule has 0 radical (unpaired) electrons. The average Bonchev–Trinajstić information content (AvgIpc) is 3.46. The Morgan fingerprint density at radius 2 is 1.66 bits per heavy atom. The zero-order valence-electron chi connectivity index (χ0n) is 20.4. The van der Waals surface area contributed by atoms with Crippen molar-refractivity contribution in [1.29, 1.82) is 10.5 Å². The molecule has 2 aliphatic heterocycles. The Labute approximate surface area is 208 Å². The largest absolute Gasteiger partial charge is 0.494 e. The fraction of sp³-hybridized carbons (Fsp3) is 0.483. The van der Waals surface area contributed by atoms with E-state index in [0.717, 1.165) is 76.1 Å². The molecule has 1 atom stereocenters. The second-order valence-electron chi connectivity index (χ2n) is 9.67. The van der Waals surface area contributed by atoms with E-state index in [1.54, 1.807) is 12.1 Å². The lowest BCUT2D eigenvalue weighted by Gasteiger charge is -2.41. The summed E-state index contributed by atoms with van der Waals surface area (Å²) in [5.74, 6) is 1.06. The molecular formula is C29H34N4O2. The molecule has 2 aromatic carbocycles. The van der Waals surface area contributed by atoms with Gasteiger partial charge >= 0.3 is 0 Å². The third-order valence-electron chi connectivity index (χ3n) is 7.53. The first-order valence-corrected chi connectivity index (χ1v) is 12.7. The average molecular weight is 471 g/mol. The predicted molar refractivity (Wildman–Crippen MR) is 135 cm³/mol. The number of nitrogens with zero attached hydrogens (tertiary/aromatic N) is 4. The number of ether oxygens (including phenoxy) is 1. The van der Waals surface area contributed by atoms with Crippen molar-refractivity contribution in [3.63, 3.8) is 0 Å². The van der Waals surface area contributed by atoms with Crippen LogP contribution in [0.1, 0.15) is 49.7 Å². The van der Waals surface area contributed by atoms with Gasteiger partial charge in [0.1, 0.15) is 5.75 Å². The van der Waals surface area contributed by atoms with Crippen LogP contribution in [0.15, 0.2) is 54.6 Å². The topological polar surface area (TPSA) is 80.4 Å². The van der Waals surface area contributed by atoms with Crippen LogP contribution in [0, 0.1) is 28.6 Å². The Balaban J connectivity index is 1.33. The Morgan fingerprint density at radius 1 is 0.971 bits per heavy atom. The number of piperidine rings is 1. The van der Waals surface area contributed by atoms with Gasteiger partial charge in [-0.3, -0.25) is 4.79 Å². The first-order valence-electron chi connectivity index (χ1n) is 12.7. The minimum atomic E-state index is -0.772. The highest BCUT2D eigenvalue weighted by molar-refractivity contribution is 5.79. The molecule has 2 aliphatic rings. The van der Waals surface area contributed by atoms with E-state index in [0.29, 0.717) is 12.2 Å². The molecule has 0 bridgehead atoms. The highest BCUT2D eigenvalue weighted by Gasteiger charge is 2.44. The number of benzene rings is 2. The maximum atomic E-state index is 13.2. The zero-order valence-corrected chi connectivity index (χ0v) is 20.4. The summed E-state index contributed by atoms with van der Waals surface area (Å²) in [5, 5.41) is 19.4. The van der Waals surface area contributed by atoms with Crippen molar-refractivity contribution in [3.8, 4) is 17.9 Å². The van der Waals surface area contributed by atoms with Crippen LogP contribution in [-0.2, 0) is 10.2 Å². The fourth-order valence-corrected chi connectivity index (χ4v) is 5.48. The Kier molecular flexibility index (Phi) is 8.40. The molecule has 2 heterocycles. The molecule has 2 saturated heterocycles. The maximum absolute atomic E-state index is 13.2. The molecular weight excluding hydrogens is 436 g/mol. The number of nitriles is 2. The molecule has 6 nitrogen and oxygen atoms in total. The van der Waals surface area contributed by atoms with Crippen LogP contribution in [0.3, 0.4) is 0 Å². The summed E-state index contributed by atoms with van der Waals surface area (Å²) in [5.41, 5.74) is 0.835. The SMILES string of the molecule is N#Cc1ccc(OCCCN2CCC(C(C#N)(CC(=O)N3CCCC3)c3ccccc3)CC2)cc1. The molecule has 0 N–H and O–H groups in total. The Bertz CT molecular complexity index is 1040. The van der Waals surface area contributed by atoms with Crippen LogP contribution in [0.4, 0.5) is 0 Å². The van der Waals surface area contributed by atoms with Crippen molar-refractivity contribution in [2.24, 2.45) is 5.92 Å². The van der Waals surface area contributed by atoms with Gasteiger partial charge in [0.2, 0.25) is 5.91 Å². The van der Waals surface area contributed by atoms with Crippen molar-refractivity contribution in [3.05, 3.63) is 65.7 Å². The number of amides is 1. The van der Waals surface area contributed by atoms with Gasteiger partial charge < -0.3 is 14.5 Å². The van der Waals surface area contributed by atoms with E-state index < -0.39 is 5.41 Å². The molecule has 4 rings (SSSR count). The Morgan fingerprint density at radius 3 is 2.29 bits per heavy atom. The lowest BCUT2D eigenvalue weighted by atomic mass is 9.65. The second kappa shape index (κ2) is 11.9. The summed E-state index contributed by atoms with van der Waals surface area (Å²) in [6.45, 7) is 5.06. The molecule has 6 heteroatoms. The molecule has 1 amide bonds. The van der Waals surface area contributed by atoms with E-state index in [4.69, 9.17) is 10.00 Å². The highest BCUT2D eigenvalue weighted by Crippen LogP contribution is 2.42. The van der Waals surface area contributed by atoms with Gasteiger partial charge in [-0.25, -0.2) is 0 Å². The number of likely N-dealkylation sites (tertiary alicyclic amines) is 2. The number of carbonyl (C=O) groups is 1. The van der Waals surface area contributed by atoms with Gasteiger partial charge in [0.25, 0.3) is 0 Å². The van der Waals surface area contributed by atoms with Gasteiger partial charge in [0.15, 0.2) is 0 Å². The zero-order chi connectivity index (χ0) is 24.5. The van der Waals surface area contributed by atoms with Crippen molar-refractivity contribution < 1.29 is 9.53 Å². The summed E-state index contributed by atoms with van der Waals surface area (Å²) >= 11 is 0. The molecule has 0 spiro atoms. The van der Waals surface area contributed by atoms with Gasteiger partial charge in [-0.1, -0.05) is 30.3 Å². The van der Waals surface area contributed by atoms with Crippen LogP contribution < -0.4 is 4.74 Å². The van der Waals surface area contributed by atoms with Gasteiger partial charge in [-0.2, -0.15) is 10.5 Å². The molecule has 2 fully saturated rings. The molecule has 0 aliphatic carbocycles. The van der Waals surface area contributed by atoms with E-state index in [1.165, 1.54) is 0 Å². The predicted octanol–water partition coefficient (Wildman–Crippen LogP) is 4.51. The monoisotopic (exact) mass is 470 g/mol. The molecule has 0 saturated carbocycles. The fourth-order valence-electron chi connectivity index (χ4n) is 5.48. The third-order valence-corrected chi connectivity index (χ3v) is 7.53. The van der Waals surface area contributed by atoms with Gasteiger partial charge in [-0.15, -0.1) is 0 Å². The van der Waals surface area contributed by atoms with E-state index in [1.807, 2.05) is 47.4 Å². The van der Waals surface area contributed by atoms with E-state index in [9.17, 15) is 10.1 Å². The quantitative estimate of drug-likeness (QED) is 0.504. The van der Waals surface area contributed by atoms with Crippen molar-refractivity contribution in [1.82, 2.24) is 9.80 Å². The van der Waals surface area contributed by atoms with E-state index in [2.05, 4.69) is 17.0 Å². The smallest absolute Gasteiger partial charge is 0.224 e. The first kappa shape index (κ1) is 24.8. The number of rotatable bonds is 9. The molecule has 0 aromatic heterocycles. The third kappa shape index (κ3) is 6.02. The summed E-state index contributed by atoms with van der Waals surface area (Å²) in [6, 6.07) is 21.9. The van der Waals surface area contributed by atoms with E-state index in [-0.39, 0.29) is 18.2 Å². The number of hydrogen-bond acceptors (Lipinski definition) is 5. The number of hydrogen-bond donors (Lipinski definition) is 0. The summed E-state index contributed by atoms with van der Waals surface area (Å²) in [4.78, 5) is 17.5. The minimum Gasteiger partial charge on any atom is -0.494 e. The standard InChI is InChI=1S/C29H34N4O2/c30-22-24-9-11-27(12-10-24)35-20-6-15-32-18-13-26(14-19-32)29(23-31,25-7-2-1-3-8-25)21-28(34)33-16-4-5-17-33/h1-3,7-12,26H,4-6,13-21H2. The van der Waals surface area contributed by atoms with Crippen LogP contribution in [0.5, 0.6) is 5.75 Å². The van der Waals surface area contributed by atoms with E-state index >= 15 is 0 Å². The summed E-state index contributed by atoms with van der Waals surface area (Å²) < 4.78 is 5.82. The van der Waals surface area contributed by atoms with Gasteiger partial charge in [-0.05, 0) is 80.9 Å². The highest BCUT2D eigenvalue weighted by atomic mass is 16.5. The van der Waals surface area contributed by atoms with Crippen LogP contribution in [-0.4, -0.2) is 55.0 Å². The second-order valence-corrected chi connectivity index (χ2v) is 9.67. The van der Waals surface area contributed by atoms with Crippen LogP contribution in [0.25, 0.3) is 0 Å². The van der Waals surface area contributed by atoms with Crippen molar-refractivity contribution >= 4 is 5.91 Å². The lowest BCUT2D eigenvalue weighted by Crippen LogP contribution is -2.46. The van der Waals surface area contributed by atoms with Crippen molar-refractivity contribution in [2.45, 2.75) is 43.9 Å².